The first-order valence-corrected chi connectivity index (χ1v) is 3.87. The van der Waals surface area contributed by atoms with E-state index in [4.69, 9.17) is 0 Å². The fourth-order valence-corrected chi connectivity index (χ4v) is 1.21. The van der Waals surface area contributed by atoms with Crippen molar-refractivity contribution in [1.29, 1.82) is 0 Å². The minimum Gasteiger partial charge on any atom is -0.316 e. The summed E-state index contributed by atoms with van der Waals surface area (Å²) in [5.74, 6) is 0.400. The zero-order valence-corrected chi connectivity index (χ0v) is 6.74. The van der Waals surface area contributed by atoms with Crippen LogP contribution in [0.4, 0.5) is 0 Å². The first-order chi connectivity index (χ1) is 4.63. The number of carbonyl (C=O) groups excluding carboxylic acids is 1. The third-order valence-corrected chi connectivity index (χ3v) is 2.08. The van der Waals surface area contributed by atoms with Gasteiger partial charge >= 0.3 is 0 Å². The van der Waals surface area contributed by atoms with Crippen LogP contribution in [0.2, 0.25) is 0 Å². The molecule has 0 saturated carbocycles. The van der Waals surface area contributed by atoms with Gasteiger partial charge in [-0.25, -0.2) is 0 Å². The SMILES string of the molecule is CC1(C)CNCCCC1=O. The Balaban J connectivity index is 2.61. The van der Waals surface area contributed by atoms with E-state index in [0.29, 0.717) is 5.78 Å². The van der Waals surface area contributed by atoms with E-state index in [0.717, 1.165) is 25.9 Å². The van der Waals surface area contributed by atoms with Gasteiger partial charge in [-0.3, -0.25) is 4.79 Å². The van der Waals surface area contributed by atoms with E-state index < -0.39 is 0 Å². The van der Waals surface area contributed by atoms with Crippen LogP contribution in [-0.4, -0.2) is 18.9 Å². The molecule has 10 heavy (non-hydrogen) atoms. The lowest BCUT2D eigenvalue weighted by molar-refractivity contribution is -0.126. The first kappa shape index (κ1) is 7.73. The fourth-order valence-electron chi connectivity index (χ4n) is 1.21. The summed E-state index contributed by atoms with van der Waals surface area (Å²) >= 11 is 0. The molecule has 0 atom stereocenters. The van der Waals surface area contributed by atoms with Gasteiger partial charge < -0.3 is 5.32 Å². The lowest BCUT2D eigenvalue weighted by Gasteiger charge is -2.19. The molecule has 0 aromatic heterocycles. The van der Waals surface area contributed by atoms with Crippen molar-refractivity contribution in [2.45, 2.75) is 26.7 Å². The minimum absolute atomic E-state index is 0.128. The van der Waals surface area contributed by atoms with Gasteiger partial charge in [0, 0.05) is 18.4 Å². The van der Waals surface area contributed by atoms with Crippen LogP contribution in [-0.2, 0) is 4.79 Å². The number of carbonyl (C=O) groups is 1. The standard InChI is InChI=1S/C8H15NO/c1-8(2)6-9-5-3-4-7(8)10/h9H,3-6H2,1-2H3. The van der Waals surface area contributed by atoms with Crippen LogP contribution in [0.5, 0.6) is 0 Å². The summed E-state index contributed by atoms with van der Waals surface area (Å²) in [6.45, 7) is 5.85. The summed E-state index contributed by atoms with van der Waals surface area (Å²) in [5.41, 5.74) is -0.128. The molecule has 0 radical (unpaired) electrons. The van der Waals surface area contributed by atoms with Gasteiger partial charge in [0.15, 0.2) is 0 Å². The second-order valence-corrected chi connectivity index (χ2v) is 3.59. The number of rotatable bonds is 0. The van der Waals surface area contributed by atoms with Gasteiger partial charge in [0.05, 0.1) is 0 Å². The van der Waals surface area contributed by atoms with Crippen molar-refractivity contribution >= 4 is 5.78 Å². The van der Waals surface area contributed by atoms with E-state index in [1.54, 1.807) is 0 Å². The summed E-state index contributed by atoms with van der Waals surface area (Å²) in [7, 11) is 0. The van der Waals surface area contributed by atoms with E-state index in [2.05, 4.69) is 5.32 Å². The number of nitrogens with one attached hydrogen (secondary N) is 1. The third-order valence-electron chi connectivity index (χ3n) is 2.08. The fraction of sp³-hybridized carbons (Fsp3) is 0.875. The molecule has 0 amide bonds. The van der Waals surface area contributed by atoms with Crippen LogP contribution in [0, 0.1) is 5.41 Å². The number of hydrogen-bond acceptors (Lipinski definition) is 2. The number of hydrogen-bond donors (Lipinski definition) is 1. The van der Waals surface area contributed by atoms with Crippen LogP contribution < -0.4 is 5.32 Å². The van der Waals surface area contributed by atoms with E-state index in [-0.39, 0.29) is 5.41 Å². The molecule has 1 saturated heterocycles. The third kappa shape index (κ3) is 1.57. The summed E-state index contributed by atoms with van der Waals surface area (Å²) in [6, 6.07) is 0. The zero-order chi connectivity index (χ0) is 7.61. The molecule has 1 N–H and O–H groups in total. The smallest absolute Gasteiger partial charge is 0.139 e. The molecular weight excluding hydrogens is 126 g/mol. The highest BCUT2D eigenvalue weighted by atomic mass is 16.1. The lowest BCUT2D eigenvalue weighted by atomic mass is 9.87. The molecule has 1 aliphatic heterocycles. The van der Waals surface area contributed by atoms with Gasteiger partial charge in [-0.05, 0) is 13.0 Å². The van der Waals surface area contributed by atoms with Crippen LogP contribution in [0.3, 0.4) is 0 Å². The molecule has 1 aliphatic rings. The minimum atomic E-state index is -0.128. The highest BCUT2D eigenvalue weighted by Crippen LogP contribution is 2.19. The van der Waals surface area contributed by atoms with E-state index >= 15 is 0 Å². The number of ketones is 1. The largest absolute Gasteiger partial charge is 0.316 e. The zero-order valence-electron chi connectivity index (χ0n) is 6.74. The Kier molecular flexibility index (Phi) is 2.09. The van der Waals surface area contributed by atoms with Crippen LogP contribution in [0.25, 0.3) is 0 Å². The van der Waals surface area contributed by atoms with Crippen molar-refractivity contribution in [3.05, 3.63) is 0 Å². The summed E-state index contributed by atoms with van der Waals surface area (Å²) in [5, 5.41) is 3.25. The highest BCUT2D eigenvalue weighted by molar-refractivity contribution is 5.84. The van der Waals surface area contributed by atoms with Crippen LogP contribution in [0.1, 0.15) is 26.7 Å². The average Bonchev–Trinajstić information content (AvgIpc) is 1.96. The Morgan fingerprint density at radius 2 is 2.20 bits per heavy atom. The highest BCUT2D eigenvalue weighted by Gasteiger charge is 2.27. The first-order valence-electron chi connectivity index (χ1n) is 3.87. The second kappa shape index (κ2) is 2.70. The van der Waals surface area contributed by atoms with Crippen molar-refractivity contribution in [3.63, 3.8) is 0 Å². The Morgan fingerprint density at radius 1 is 1.50 bits per heavy atom. The van der Waals surface area contributed by atoms with Crippen LogP contribution in [0.15, 0.2) is 0 Å². The number of Topliss-reactive ketones (excluding diaryl/α,β-unsaturated/α-hetero) is 1. The molecule has 0 aromatic carbocycles. The Morgan fingerprint density at radius 3 is 2.90 bits per heavy atom. The molecule has 2 nitrogen and oxygen atoms in total. The van der Waals surface area contributed by atoms with Crippen molar-refractivity contribution in [2.75, 3.05) is 13.1 Å². The molecule has 1 heterocycles. The van der Waals surface area contributed by atoms with Gasteiger partial charge in [0.25, 0.3) is 0 Å². The molecule has 2 heteroatoms. The topological polar surface area (TPSA) is 29.1 Å². The maximum Gasteiger partial charge on any atom is 0.139 e. The van der Waals surface area contributed by atoms with Gasteiger partial charge in [0.1, 0.15) is 5.78 Å². The van der Waals surface area contributed by atoms with Gasteiger partial charge in [-0.15, -0.1) is 0 Å². The summed E-state index contributed by atoms with van der Waals surface area (Å²) < 4.78 is 0. The van der Waals surface area contributed by atoms with Gasteiger partial charge in [-0.1, -0.05) is 13.8 Å². The summed E-state index contributed by atoms with van der Waals surface area (Å²) in [4.78, 5) is 11.3. The Bertz CT molecular complexity index is 140. The van der Waals surface area contributed by atoms with Gasteiger partial charge in [-0.2, -0.15) is 0 Å². The van der Waals surface area contributed by atoms with E-state index in [9.17, 15) is 4.79 Å². The van der Waals surface area contributed by atoms with Crippen LogP contribution >= 0.6 is 0 Å². The molecule has 0 bridgehead atoms. The van der Waals surface area contributed by atoms with E-state index in [1.807, 2.05) is 13.8 Å². The lowest BCUT2D eigenvalue weighted by Crippen LogP contribution is -2.32. The van der Waals surface area contributed by atoms with Crippen molar-refractivity contribution in [1.82, 2.24) is 5.32 Å². The summed E-state index contributed by atoms with van der Waals surface area (Å²) in [6.07, 6.45) is 1.75. The predicted molar refractivity (Wildman–Crippen MR) is 40.9 cm³/mol. The second-order valence-electron chi connectivity index (χ2n) is 3.59. The molecular formula is C8H15NO. The molecule has 0 spiro atoms. The van der Waals surface area contributed by atoms with Crippen molar-refractivity contribution in [3.8, 4) is 0 Å². The maximum atomic E-state index is 11.3. The normalized spacial score (nSPS) is 26.0. The average molecular weight is 141 g/mol. The monoisotopic (exact) mass is 141 g/mol. The molecule has 1 fully saturated rings. The Hall–Kier alpha value is -0.370. The molecule has 58 valence electrons. The Labute approximate surface area is 62.0 Å². The predicted octanol–water partition coefficient (Wildman–Crippen LogP) is 0.965. The molecule has 1 rings (SSSR count). The molecule has 0 aliphatic carbocycles. The van der Waals surface area contributed by atoms with Crippen molar-refractivity contribution in [2.24, 2.45) is 5.41 Å². The van der Waals surface area contributed by atoms with Gasteiger partial charge in [0.2, 0.25) is 0 Å². The molecule has 0 aromatic rings. The van der Waals surface area contributed by atoms with E-state index in [1.165, 1.54) is 0 Å². The van der Waals surface area contributed by atoms with Crippen molar-refractivity contribution < 1.29 is 4.79 Å². The maximum absolute atomic E-state index is 11.3. The quantitative estimate of drug-likeness (QED) is 0.544. The molecule has 0 unspecified atom stereocenters.